The van der Waals surface area contributed by atoms with Gasteiger partial charge in [0.1, 0.15) is 11.6 Å². The first-order valence-electron chi connectivity index (χ1n) is 8.72. The van der Waals surface area contributed by atoms with Gasteiger partial charge in [-0.15, -0.1) is 0 Å². The average Bonchev–Trinajstić information content (AvgIpc) is 3.24. The van der Waals surface area contributed by atoms with Crippen LogP contribution in [0.15, 0.2) is 48.5 Å². The van der Waals surface area contributed by atoms with Gasteiger partial charge in [0.25, 0.3) is 0 Å². The van der Waals surface area contributed by atoms with Gasteiger partial charge in [-0.1, -0.05) is 30.3 Å². The van der Waals surface area contributed by atoms with Crippen LogP contribution in [0.1, 0.15) is 12.8 Å². The summed E-state index contributed by atoms with van der Waals surface area (Å²) in [5, 5.41) is 2.75. The first-order chi connectivity index (χ1) is 13.1. The molecule has 1 N–H and O–H groups in total. The van der Waals surface area contributed by atoms with E-state index in [-0.39, 0.29) is 5.69 Å². The summed E-state index contributed by atoms with van der Waals surface area (Å²) in [6.07, 6.45) is 2.15. The molecule has 0 aliphatic carbocycles. The second-order valence-corrected chi connectivity index (χ2v) is 6.34. The standard InChI is InChI=1S/C20H17F3N4/c21-14-8-9-15(19(23)18(14)22)24-16-12-17(27-10-4-5-11-27)26-20(25-16)13-6-2-1-3-7-13/h1-3,6-9,12H,4-5,10-11H2,(H,24,25,26). The van der Waals surface area contributed by atoms with Crippen LogP contribution in [0, 0.1) is 17.5 Å². The summed E-state index contributed by atoms with van der Waals surface area (Å²) in [6, 6.07) is 13.1. The molecule has 1 fully saturated rings. The largest absolute Gasteiger partial charge is 0.356 e. The molecule has 1 aliphatic heterocycles. The van der Waals surface area contributed by atoms with Gasteiger partial charge in [-0.3, -0.25) is 0 Å². The van der Waals surface area contributed by atoms with Gasteiger partial charge < -0.3 is 10.2 Å². The summed E-state index contributed by atoms with van der Waals surface area (Å²) in [5.41, 5.74) is 0.631. The summed E-state index contributed by atoms with van der Waals surface area (Å²) < 4.78 is 40.8. The Kier molecular flexibility index (Phi) is 4.66. The molecule has 0 amide bonds. The maximum Gasteiger partial charge on any atom is 0.196 e. The van der Waals surface area contributed by atoms with E-state index in [9.17, 15) is 13.2 Å². The fraction of sp³-hybridized carbons (Fsp3) is 0.200. The minimum absolute atomic E-state index is 0.181. The smallest absolute Gasteiger partial charge is 0.196 e. The molecular weight excluding hydrogens is 353 g/mol. The van der Waals surface area contributed by atoms with E-state index in [1.54, 1.807) is 6.07 Å². The molecule has 1 saturated heterocycles. The topological polar surface area (TPSA) is 41.0 Å². The molecule has 7 heteroatoms. The van der Waals surface area contributed by atoms with Crippen LogP contribution in [0.4, 0.5) is 30.5 Å². The lowest BCUT2D eigenvalue weighted by molar-refractivity contribution is 0.449. The number of halogens is 3. The highest BCUT2D eigenvalue weighted by atomic mass is 19.2. The maximum atomic E-state index is 14.0. The van der Waals surface area contributed by atoms with Crippen molar-refractivity contribution in [1.29, 1.82) is 0 Å². The van der Waals surface area contributed by atoms with E-state index in [0.29, 0.717) is 17.5 Å². The number of hydrogen-bond donors (Lipinski definition) is 1. The normalized spacial score (nSPS) is 13.8. The quantitative estimate of drug-likeness (QED) is 0.663. The molecule has 0 unspecified atom stereocenters. The molecular formula is C20H17F3N4. The second kappa shape index (κ2) is 7.26. The van der Waals surface area contributed by atoms with Crippen LogP contribution in [0.3, 0.4) is 0 Å². The molecule has 3 aromatic rings. The van der Waals surface area contributed by atoms with Crippen LogP contribution in [0.25, 0.3) is 11.4 Å². The first-order valence-corrected chi connectivity index (χ1v) is 8.72. The van der Waals surface area contributed by atoms with Crippen molar-refractivity contribution in [2.24, 2.45) is 0 Å². The molecule has 27 heavy (non-hydrogen) atoms. The van der Waals surface area contributed by atoms with Gasteiger partial charge >= 0.3 is 0 Å². The number of hydrogen-bond acceptors (Lipinski definition) is 4. The summed E-state index contributed by atoms with van der Waals surface area (Å²) in [7, 11) is 0. The lowest BCUT2D eigenvalue weighted by Crippen LogP contribution is -2.19. The molecule has 4 nitrogen and oxygen atoms in total. The van der Waals surface area contributed by atoms with Gasteiger partial charge in [0.2, 0.25) is 0 Å². The Bertz CT molecular complexity index is 957. The van der Waals surface area contributed by atoms with Gasteiger partial charge in [-0.25, -0.2) is 23.1 Å². The van der Waals surface area contributed by atoms with Crippen molar-refractivity contribution in [3.05, 3.63) is 66.0 Å². The van der Waals surface area contributed by atoms with Gasteiger partial charge in [-0.2, -0.15) is 0 Å². The number of anilines is 3. The average molecular weight is 370 g/mol. The third kappa shape index (κ3) is 3.58. The van der Waals surface area contributed by atoms with Crippen LogP contribution in [-0.4, -0.2) is 23.1 Å². The van der Waals surface area contributed by atoms with Gasteiger partial charge in [0.15, 0.2) is 23.3 Å². The highest BCUT2D eigenvalue weighted by Crippen LogP contribution is 2.28. The van der Waals surface area contributed by atoms with E-state index in [1.807, 2.05) is 30.3 Å². The Morgan fingerprint density at radius 2 is 1.59 bits per heavy atom. The third-order valence-electron chi connectivity index (χ3n) is 4.47. The van der Waals surface area contributed by atoms with E-state index in [1.165, 1.54) is 0 Å². The molecule has 0 spiro atoms. The molecule has 0 radical (unpaired) electrons. The van der Waals surface area contributed by atoms with Crippen molar-refractivity contribution in [1.82, 2.24) is 9.97 Å². The monoisotopic (exact) mass is 370 g/mol. The van der Waals surface area contributed by atoms with E-state index < -0.39 is 17.5 Å². The minimum atomic E-state index is -1.52. The third-order valence-corrected chi connectivity index (χ3v) is 4.47. The Hall–Kier alpha value is -3.09. The zero-order valence-electron chi connectivity index (χ0n) is 14.4. The first kappa shape index (κ1) is 17.3. The van der Waals surface area contributed by atoms with Gasteiger partial charge in [-0.05, 0) is 25.0 Å². The van der Waals surface area contributed by atoms with Crippen LogP contribution >= 0.6 is 0 Å². The van der Waals surface area contributed by atoms with Crippen LogP contribution in [-0.2, 0) is 0 Å². The van der Waals surface area contributed by atoms with Crippen molar-refractivity contribution in [2.45, 2.75) is 12.8 Å². The predicted octanol–water partition coefficient (Wildman–Crippen LogP) is 4.90. The molecule has 0 bridgehead atoms. The Labute approximate surface area is 154 Å². The number of nitrogens with one attached hydrogen (secondary N) is 1. The second-order valence-electron chi connectivity index (χ2n) is 6.34. The minimum Gasteiger partial charge on any atom is -0.356 e. The summed E-state index contributed by atoms with van der Waals surface area (Å²) in [6.45, 7) is 1.76. The predicted molar refractivity (Wildman–Crippen MR) is 98.5 cm³/mol. The van der Waals surface area contributed by atoms with E-state index in [4.69, 9.17) is 0 Å². The zero-order valence-corrected chi connectivity index (χ0v) is 14.4. The number of rotatable bonds is 4. The van der Waals surface area contributed by atoms with Crippen molar-refractivity contribution in [3.63, 3.8) is 0 Å². The van der Waals surface area contributed by atoms with E-state index in [2.05, 4.69) is 20.2 Å². The summed E-state index contributed by atoms with van der Waals surface area (Å²) in [5.74, 6) is -2.52. The van der Waals surface area contributed by atoms with Crippen LogP contribution < -0.4 is 10.2 Å². The number of nitrogens with zero attached hydrogens (tertiary/aromatic N) is 3. The molecule has 138 valence electrons. The Morgan fingerprint density at radius 1 is 0.852 bits per heavy atom. The van der Waals surface area contributed by atoms with E-state index in [0.717, 1.165) is 43.6 Å². The molecule has 1 aliphatic rings. The van der Waals surface area contributed by atoms with Crippen molar-refractivity contribution >= 4 is 17.3 Å². The molecule has 0 atom stereocenters. The fourth-order valence-corrected chi connectivity index (χ4v) is 3.08. The zero-order chi connectivity index (χ0) is 18.8. The summed E-state index contributed by atoms with van der Waals surface area (Å²) in [4.78, 5) is 11.2. The molecule has 2 heterocycles. The highest BCUT2D eigenvalue weighted by Gasteiger charge is 2.18. The molecule has 2 aromatic carbocycles. The molecule has 1 aromatic heterocycles. The fourth-order valence-electron chi connectivity index (χ4n) is 3.08. The lowest BCUT2D eigenvalue weighted by Gasteiger charge is -2.18. The van der Waals surface area contributed by atoms with Crippen molar-refractivity contribution in [2.75, 3.05) is 23.3 Å². The molecule has 0 saturated carbocycles. The van der Waals surface area contributed by atoms with Crippen molar-refractivity contribution < 1.29 is 13.2 Å². The summed E-state index contributed by atoms with van der Waals surface area (Å²) >= 11 is 0. The molecule has 4 rings (SSSR count). The van der Waals surface area contributed by atoms with Gasteiger partial charge in [0, 0.05) is 24.7 Å². The van der Waals surface area contributed by atoms with Gasteiger partial charge in [0.05, 0.1) is 5.69 Å². The van der Waals surface area contributed by atoms with Crippen LogP contribution in [0.2, 0.25) is 0 Å². The lowest BCUT2D eigenvalue weighted by atomic mass is 10.2. The highest BCUT2D eigenvalue weighted by molar-refractivity contribution is 5.66. The van der Waals surface area contributed by atoms with Crippen molar-refractivity contribution in [3.8, 4) is 11.4 Å². The van der Waals surface area contributed by atoms with E-state index >= 15 is 0 Å². The SMILES string of the molecule is Fc1ccc(Nc2cc(N3CCCC3)nc(-c3ccccc3)n2)c(F)c1F. The maximum absolute atomic E-state index is 14.0. The number of aromatic nitrogens is 2. The number of benzene rings is 2. The Balaban J connectivity index is 1.75. The Morgan fingerprint density at radius 3 is 2.33 bits per heavy atom. The van der Waals surface area contributed by atoms with Crippen LogP contribution in [0.5, 0.6) is 0 Å².